The molecule has 1 atom stereocenters. The van der Waals surface area contributed by atoms with E-state index in [2.05, 4.69) is 5.32 Å². The van der Waals surface area contributed by atoms with Gasteiger partial charge in [0.15, 0.2) is 0 Å². The van der Waals surface area contributed by atoms with Gasteiger partial charge in [-0.15, -0.1) is 0 Å². The van der Waals surface area contributed by atoms with Gasteiger partial charge in [0.1, 0.15) is 11.5 Å². The van der Waals surface area contributed by atoms with Gasteiger partial charge in [-0.05, 0) is 75.2 Å². The summed E-state index contributed by atoms with van der Waals surface area (Å²) in [7, 11) is -2.13. The highest BCUT2D eigenvalue weighted by Crippen LogP contribution is 2.26. The van der Waals surface area contributed by atoms with E-state index in [-0.39, 0.29) is 23.5 Å². The fourth-order valence-electron chi connectivity index (χ4n) is 3.40. The van der Waals surface area contributed by atoms with Crippen LogP contribution in [0.4, 0.5) is 5.69 Å². The summed E-state index contributed by atoms with van der Waals surface area (Å²) in [5.74, 6) is 0.743. The van der Waals surface area contributed by atoms with E-state index >= 15 is 0 Å². The zero-order chi connectivity index (χ0) is 21.7. The third-order valence-electron chi connectivity index (χ3n) is 4.95. The minimum Gasteiger partial charge on any atom is -0.497 e. The Bertz CT molecular complexity index is 956. The number of sulfonamides is 1. The monoisotopic (exact) mass is 432 g/mol. The summed E-state index contributed by atoms with van der Waals surface area (Å²) < 4.78 is 38.0. The molecule has 162 valence electrons. The average molecular weight is 433 g/mol. The highest BCUT2D eigenvalue weighted by molar-refractivity contribution is 7.89. The van der Waals surface area contributed by atoms with Gasteiger partial charge >= 0.3 is 0 Å². The summed E-state index contributed by atoms with van der Waals surface area (Å²) in [6.07, 6.45) is 1.36. The molecule has 8 heteroatoms. The second kappa shape index (κ2) is 9.49. The second-order valence-electron chi connectivity index (χ2n) is 7.56. The van der Waals surface area contributed by atoms with Crippen molar-refractivity contribution < 1.29 is 22.7 Å². The van der Waals surface area contributed by atoms with Crippen molar-refractivity contribution in [3.05, 3.63) is 48.5 Å². The summed E-state index contributed by atoms with van der Waals surface area (Å²) in [6.45, 7) is 4.46. The molecule has 1 aliphatic heterocycles. The van der Waals surface area contributed by atoms with Crippen LogP contribution in [0.15, 0.2) is 53.4 Å². The van der Waals surface area contributed by atoms with Crippen LogP contribution in [0.1, 0.15) is 26.7 Å². The number of benzene rings is 2. The van der Waals surface area contributed by atoms with E-state index in [4.69, 9.17) is 9.47 Å². The van der Waals surface area contributed by atoms with Gasteiger partial charge in [0.05, 0.1) is 24.0 Å². The van der Waals surface area contributed by atoms with Crippen LogP contribution in [0.3, 0.4) is 0 Å². The van der Waals surface area contributed by atoms with Crippen molar-refractivity contribution in [3.63, 3.8) is 0 Å². The lowest BCUT2D eigenvalue weighted by atomic mass is 9.99. The molecule has 3 rings (SSSR count). The zero-order valence-corrected chi connectivity index (χ0v) is 18.3. The molecule has 2 aromatic rings. The molecule has 1 aliphatic rings. The van der Waals surface area contributed by atoms with E-state index in [0.29, 0.717) is 30.8 Å². The number of hydrogen-bond donors (Lipinski definition) is 1. The number of carbonyl (C=O) groups is 1. The number of piperidine rings is 1. The van der Waals surface area contributed by atoms with Gasteiger partial charge in [-0.3, -0.25) is 4.79 Å². The average Bonchev–Trinajstić information content (AvgIpc) is 2.75. The van der Waals surface area contributed by atoms with Crippen LogP contribution in [0.2, 0.25) is 0 Å². The van der Waals surface area contributed by atoms with E-state index < -0.39 is 15.9 Å². The van der Waals surface area contributed by atoms with Crippen LogP contribution in [0.5, 0.6) is 11.5 Å². The first kappa shape index (κ1) is 22.1. The number of rotatable bonds is 7. The summed E-state index contributed by atoms with van der Waals surface area (Å²) >= 11 is 0. The number of ether oxygens (including phenoxy) is 2. The number of carbonyl (C=O) groups excluding carboxylic acids is 1. The van der Waals surface area contributed by atoms with Gasteiger partial charge in [-0.2, -0.15) is 4.31 Å². The Balaban J connectivity index is 1.65. The lowest BCUT2D eigenvalue weighted by Crippen LogP contribution is -2.43. The smallest absolute Gasteiger partial charge is 0.243 e. The van der Waals surface area contributed by atoms with Crippen LogP contribution in [0, 0.1) is 5.92 Å². The van der Waals surface area contributed by atoms with Crippen LogP contribution >= 0.6 is 0 Å². The van der Waals surface area contributed by atoms with Gasteiger partial charge in [-0.1, -0.05) is 0 Å². The fraction of sp³-hybridized carbons (Fsp3) is 0.409. The highest BCUT2D eigenvalue weighted by Gasteiger charge is 2.33. The summed E-state index contributed by atoms with van der Waals surface area (Å²) in [5, 5.41) is 2.89. The van der Waals surface area contributed by atoms with Crippen LogP contribution in [0.25, 0.3) is 0 Å². The Morgan fingerprint density at radius 2 is 1.70 bits per heavy atom. The first-order valence-corrected chi connectivity index (χ1v) is 11.5. The molecule has 1 heterocycles. The number of methoxy groups -OCH3 is 1. The molecule has 1 amide bonds. The van der Waals surface area contributed by atoms with Crippen molar-refractivity contribution in [2.75, 3.05) is 25.5 Å². The third kappa shape index (κ3) is 5.31. The third-order valence-corrected chi connectivity index (χ3v) is 6.83. The summed E-state index contributed by atoms with van der Waals surface area (Å²) in [5.41, 5.74) is 0.659. The zero-order valence-electron chi connectivity index (χ0n) is 17.5. The second-order valence-corrected chi connectivity index (χ2v) is 9.50. The first-order chi connectivity index (χ1) is 14.3. The fourth-order valence-corrected chi connectivity index (χ4v) is 4.93. The Morgan fingerprint density at radius 3 is 2.30 bits per heavy atom. The Kier molecular flexibility index (Phi) is 6.99. The quantitative estimate of drug-likeness (QED) is 0.724. The topological polar surface area (TPSA) is 84.9 Å². The predicted molar refractivity (Wildman–Crippen MR) is 115 cm³/mol. The molecule has 0 saturated carbocycles. The molecule has 0 spiro atoms. The summed E-state index contributed by atoms with van der Waals surface area (Å²) in [4.78, 5) is 12.9. The van der Waals surface area contributed by atoms with Crippen molar-refractivity contribution in [2.45, 2.75) is 37.7 Å². The van der Waals surface area contributed by atoms with E-state index in [1.807, 2.05) is 13.8 Å². The molecule has 2 aromatic carbocycles. The number of nitrogens with zero attached hydrogens (tertiary/aromatic N) is 1. The highest BCUT2D eigenvalue weighted by atomic mass is 32.2. The molecular weight excluding hydrogens is 404 g/mol. The van der Waals surface area contributed by atoms with Crippen LogP contribution in [-0.4, -0.2) is 44.9 Å². The minimum absolute atomic E-state index is 0.0753. The van der Waals surface area contributed by atoms with E-state index in [1.54, 1.807) is 36.4 Å². The van der Waals surface area contributed by atoms with Gasteiger partial charge in [0.2, 0.25) is 15.9 Å². The van der Waals surface area contributed by atoms with Crippen molar-refractivity contribution >= 4 is 21.6 Å². The lowest BCUT2D eigenvalue weighted by Gasteiger charge is -2.31. The van der Waals surface area contributed by atoms with Gasteiger partial charge < -0.3 is 14.8 Å². The van der Waals surface area contributed by atoms with Crippen LogP contribution in [-0.2, 0) is 14.8 Å². The van der Waals surface area contributed by atoms with E-state index in [9.17, 15) is 13.2 Å². The molecule has 7 nitrogen and oxygen atoms in total. The normalized spacial score (nSPS) is 17.5. The molecule has 1 N–H and O–H groups in total. The van der Waals surface area contributed by atoms with E-state index in [0.717, 1.165) is 5.75 Å². The molecule has 1 fully saturated rings. The molecule has 0 aliphatic carbocycles. The SMILES string of the molecule is COc1ccc(S(=O)(=O)N2CCCC(C(=O)Nc3ccc(OC(C)C)cc3)C2)cc1. The van der Waals surface area contributed by atoms with Gasteiger partial charge in [0, 0.05) is 18.8 Å². The minimum atomic E-state index is -3.66. The number of nitrogens with one attached hydrogen (secondary N) is 1. The molecule has 1 unspecified atom stereocenters. The molecule has 0 radical (unpaired) electrons. The Morgan fingerprint density at radius 1 is 1.07 bits per heavy atom. The summed E-state index contributed by atoms with van der Waals surface area (Å²) in [6, 6.07) is 13.5. The Labute approximate surface area is 178 Å². The van der Waals surface area contributed by atoms with Crippen LogP contribution < -0.4 is 14.8 Å². The molecule has 0 bridgehead atoms. The van der Waals surface area contributed by atoms with Crippen molar-refractivity contribution in [1.82, 2.24) is 4.31 Å². The molecule has 1 saturated heterocycles. The maximum absolute atomic E-state index is 13.0. The van der Waals surface area contributed by atoms with Crippen molar-refractivity contribution in [3.8, 4) is 11.5 Å². The van der Waals surface area contributed by atoms with E-state index in [1.165, 1.54) is 23.5 Å². The number of hydrogen-bond acceptors (Lipinski definition) is 5. The largest absolute Gasteiger partial charge is 0.497 e. The lowest BCUT2D eigenvalue weighted by molar-refractivity contribution is -0.120. The number of amides is 1. The van der Waals surface area contributed by atoms with Gasteiger partial charge in [0.25, 0.3) is 0 Å². The first-order valence-electron chi connectivity index (χ1n) is 10.0. The van der Waals surface area contributed by atoms with Crippen molar-refractivity contribution in [2.24, 2.45) is 5.92 Å². The van der Waals surface area contributed by atoms with Gasteiger partial charge in [-0.25, -0.2) is 8.42 Å². The molecular formula is C22H28N2O5S. The predicted octanol–water partition coefficient (Wildman–Crippen LogP) is 3.52. The standard InChI is InChI=1S/C22H28N2O5S/c1-16(2)29-20-8-6-18(7-9-20)23-22(25)17-5-4-14-24(15-17)30(26,27)21-12-10-19(28-3)11-13-21/h6-13,16-17H,4-5,14-15H2,1-3H3,(H,23,25). The molecule has 0 aromatic heterocycles. The number of anilines is 1. The Hall–Kier alpha value is -2.58. The maximum atomic E-state index is 13.0. The van der Waals surface area contributed by atoms with Crippen molar-refractivity contribution in [1.29, 1.82) is 0 Å². The molecule has 30 heavy (non-hydrogen) atoms. The maximum Gasteiger partial charge on any atom is 0.243 e.